The second kappa shape index (κ2) is 7.87. The Morgan fingerprint density at radius 3 is 2.65 bits per heavy atom. The average molecular weight is 283 g/mol. The molecule has 2 atom stereocenters. The van der Waals surface area contributed by atoms with E-state index in [1.54, 1.807) is 7.11 Å². The zero-order valence-electron chi connectivity index (χ0n) is 14.2. The van der Waals surface area contributed by atoms with Crippen molar-refractivity contribution >= 4 is 5.96 Å². The third-order valence-corrected chi connectivity index (χ3v) is 3.95. The Labute approximate surface area is 125 Å². The maximum Gasteiger partial charge on any atom is 0.194 e. The van der Waals surface area contributed by atoms with Gasteiger partial charge in [0.15, 0.2) is 5.96 Å². The minimum absolute atomic E-state index is 0.116. The molecule has 1 rings (SSSR count). The number of aliphatic imine (C=N–C) groups is 1. The van der Waals surface area contributed by atoms with E-state index >= 15 is 0 Å². The van der Waals surface area contributed by atoms with Crippen LogP contribution in [0.2, 0.25) is 0 Å². The molecular formula is C16H33N3O. The highest BCUT2D eigenvalue weighted by atomic mass is 16.5. The van der Waals surface area contributed by atoms with Crippen molar-refractivity contribution in [2.45, 2.75) is 53.6 Å². The molecule has 1 fully saturated rings. The van der Waals surface area contributed by atoms with Crippen LogP contribution in [0.15, 0.2) is 4.99 Å². The minimum Gasteiger partial charge on any atom is -0.379 e. The molecule has 0 bridgehead atoms. The molecule has 0 aromatic heterocycles. The molecule has 0 saturated carbocycles. The molecule has 2 unspecified atom stereocenters. The lowest BCUT2D eigenvalue weighted by Crippen LogP contribution is -2.46. The number of piperidine rings is 1. The summed E-state index contributed by atoms with van der Waals surface area (Å²) in [5.74, 6) is 1.80. The summed E-state index contributed by atoms with van der Waals surface area (Å²) in [6.07, 6.45) is 2.75. The molecule has 0 aromatic carbocycles. The molecule has 0 radical (unpaired) electrons. The normalized spacial score (nSPS) is 22.8. The molecule has 1 saturated heterocycles. The second-order valence-electron chi connectivity index (χ2n) is 6.98. The van der Waals surface area contributed by atoms with Gasteiger partial charge in [0.2, 0.25) is 0 Å². The number of ether oxygens (including phenoxy) is 1. The number of rotatable bonds is 4. The first-order valence-corrected chi connectivity index (χ1v) is 7.94. The lowest BCUT2D eigenvalue weighted by Gasteiger charge is -2.34. The maximum absolute atomic E-state index is 5.60. The van der Waals surface area contributed by atoms with Crippen LogP contribution in [0.3, 0.4) is 0 Å². The van der Waals surface area contributed by atoms with Gasteiger partial charge in [-0.1, -0.05) is 27.7 Å². The number of hydrogen-bond donors (Lipinski definition) is 1. The molecule has 1 N–H and O–H groups in total. The maximum atomic E-state index is 5.60. The van der Waals surface area contributed by atoms with Crippen LogP contribution in [0, 0.1) is 11.3 Å². The molecule has 0 aromatic rings. The zero-order valence-corrected chi connectivity index (χ0v) is 14.2. The van der Waals surface area contributed by atoms with Gasteiger partial charge in [0, 0.05) is 26.7 Å². The van der Waals surface area contributed by atoms with E-state index in [9.17, 15) is 0 Å². The highest BCUT2D eigenvalue weighted by Gasteiger charge is 2.25. The lowest BCUT2D eigenvalue weighted by atomic mass is 9.89. The number of guanidine groups is 1. The Morgan fingerprint density at radius 2 is 2.15 bits per heavy atom. The van der Waals surface area contributed by atoms with Crippen LogP contribution in [0.25, 0.3) is 0 Å². The summed E-state index contributed by atoms with van der Waals surface area (Å²) < 4.78 is 5.60. The van der Waals surface area contributed by atoms with Crippen molar-refractivity contribution in [2.75, 3.05) is 33.3 Å². The van der Waals surface area contributed by atoms with Gasteiger partial charge >= 0.3 is 0 Å². The standard InChI is InChI=1S/C16H33N3O/c1-7-17-15(19-10-8-9-13(2)12-19)18-11-14(20-6)16(3,4)5/h13-14H,7-12H2,1-6H3,(H,17,18). The van der Waals surface area contributed by atoms with E-state index in [4.69, 9.17) is 9.73 Å². The van der Waals surface area contributed by atoms with Crippen LogP contribution in [0.5, 0.6) is 0 Å². The van der Waals surface area contributed by atoms with Gasteiger partial charge in [-0.3, -0.25) is 4.99 Å². The molecule has 20 heavy (non-hydrogen) atoms. The van der Waals surface area contributed by atoms with Crippen molar-refractivity contribution in [3.05, 3.63) is 0 Å². The highest BCUT2D eigenvalue weighted by molar-refractivity contribution is 5.80. The number of nitrogens with zero attached hydrogens (tertiary/aromatic N) is 2. The lowest BCUT2D eigenvalue weighted by molar-refractivity contribution is 0.0239. The SMILES string of the molecule is CCNC(=NCC(OC)C(C)(C)C)N1CCCC(C)C1. The van der Waals surface area contributed by atoms with Crippen LogP contribution < -0.4 is 5.32 Å². The van der Waals surface area contributed by atoms with Crippen molar-refractivity contribution < 1.29 is 4.74 Å². The van der Waals surface area contributed by atoms with Crippen LogP contribution in [-0.2, 0) is 4.74 Å². The molecule has 0 spiro atoms. The van der Waals surface area contributed by atoms with Crippen molar-refractivity contribution in [1.82, 2.24) is 10.2 Å². The first-order chi connectivity index (χ1) is 9.38. The summed E-state index contributed by atoms with van der Waals surface area (Å²) in [6.45, 7) is 14.9. The van der Waals surface area contributed by atoms with Gasteiger partial charge in [0.1, 0.15) is 0 Å². The fourth-order valence-electron chi connectivity index (χ4n) is 2.68. The Kier molecular flexibility index (Phi) is 6.80. The first-order valence-electron chi connectivity index (χ1n) is 7.94. The van der Waals surface area contributed by atoms with Crippen LogP contribution in [0.1, 0.15) is 47.5 Å². The van der Waals surface area contributed by atoms with Gasteiger partial charge in [0.25, 0.3) is 0 Å². The summed E-state index contributed by atoms with van der Waals surface area (Å²) in [6, 6.07) is 0. The smallest absolute Gasteiger partial charge is 0.194 e. The third-order valence-electron chi connectivity index (χ3n) is 3.95. The predicted molar refractivity (Wildman–Crippen MR) is 86.2 cm³/mol. The van der Waals surface area contributed by atoms with E-state index in [-0.39, 0.29) is 11.5 Å². The van der Waals surface area contributed by atoms with E-state index in [1.165, 1.54) is 12.8 Å². The van der Waals surface area contributed by atoms with Crippen molar-refractivity contribution in [3.63, 3.8) is 0 Å². The van der Waals surface area contributed by atoms with Gasteiger partial charge in [0.05, 0.1) is 12.6 Å². The fourth-order valence-corrected chi connectivity index (χ4v) is 2.68. The van der Waals surface area contributed by atoms with E-state index in [0.29, 0.717) is 6.54 Å². The molecule has 4 heteroatoms. The second-order valence-corrected chi connectivity index (χ2v) is 6.98. The molecule has 0 amide bonds. The molecule has 4 nitrogen and oxygen atoms in total. The molecule has 1 aliphatic rings. The molecule has 118 valence electrons. The Bertz CT molecular complexity index is 309. The van der Waals surface area contributed by atoms with Crippen molar-refractivity contribution in [3.8, 4) is 0 Å². The average Bonchev–Trinajstić information content (AvgIpc) is 2.36. The van der Waals surface area contributed by atoms with Crippen molar-refractivity contribution in [2.24, 2.45) is 16.3 Å². The summed E-state index contributed by atoms with van der Waals surface area (Å²) in [5, 5.41) is 3.42. The Morgan fingerprint density at radius 1 is 1.45 bits per heavy atom. The highest BCUT2D eigenvalue weighted by Crippen LogP contribution is 2.22. The van der Waals surface area contributed by atoms with E-state index in [2.05, 4.69) is 44.8 Å². The predicted octanol–water partition coefficient (Wildman–Crippen LogP) is 2.74. The topological polar surface area (TPSA) is 36.9 Å². The van der Waals surface area contributed by atoms with Gasteiger partial charge in [-0.05, 0) is 31.1 Å². The number of likely N-dealkylation sites (tertiary alicyclic amines) is 1. The molecule has 1 heterocycles. The zero-order chi connectivity index (χ0) is 15.2. The van der Waals surface area contributed by atoms with Gasteiger partial charge < -0.3 is 15.0 Å². The monoisotopic (exact) mass is 283 g/mol. The van der Waals surface area contributed by atoms with E-state index in [0.717, 1.165) is 31.5 Å². The van der Waals surface area contributed by atoms with Crippen LogP contribution >= 0.6 is 0 Å². The number of hydrogen-bond acceptors (Lipinski definition) is 2. The quantitative estimate of drug-likeness (QED) is 0.637. The Hall–Kier alpha value is -0.770. The van der Waals surface area contributed by atoms with Crippen LogP contribution in [-0.4, -0.2) is 50.3 Å². The molecule has 0 aliphatic carbocycles. The fraction of sp³-hybridized carbons (Fsp3) is 0.938. The van der Waals surface area contributed by atoms with E-state index < -0.39 is 0 Å². The summed E-state index contributed by atoms with van der Waals surface area (Å²) >= 11 is 0. The summed E-state index contributed by atoms with van der Waals surface area (Å²) in [7, 11) is 1.78. The van der Waals surface area contributed by atoms with Gasteiger partial charge in [-0.15, -0.1) is 0 Å². The number of nitrogens with one attached hydrogen (secondary N) is 1. The van der Waals surface area contributed by atoms with Gasteiger partial charge in [-0.25, -0.2) is 0 Å². The summed E-state index contributed by atoms with van der Waals surface area (Å²) in [4.78, 5) is 7.21. The van der Waals surface area contributed by atoms with E-state index in [1.807, 2.05) is 0 Å². The third kappa shape index (κ3) is 5.31. The van der Waals surface area contributed by atoms with Crippen LogP contribution in [0.4, 0.5) is 0 Å². The first kappa shape index (κ1) is 17.3. The summed E-state index contributed by atoms with van der Waals surface area (Å²) in [5.41, 5.74) is 0.116. The van der Waals surface area contributed by atoms with Crippen molar-refractivity contribution in [1.29, 1.82) is 0 Å². The molecular weight excluding hydrogens is 250 g/mol. The molecule has 1 aliphatic heterocycles. The number of methoxy groups -OCH3 is 1. The largest absolute Gasteiger partial charge is 0.379 e. The minimum atomic E-state index is 0.116. The Balaban J connectivity index is 2.71. The van der Waals surface area contributed by atoms with Gasteiger partial charge in [-0.2, -0.15) is 0 Å².